The van der Waals surface area contributed by atoms with Crippen molar-refractivity contribution in [1.29, 1.82) is 5.26 Å². The monoisotopic (exact) mass is 493 g/mol. The molecule has 0 amide bonds. The molecule has 1 N–H and O–H groups in total. The van der Waals surface area contributed by atoms with Crippen molar-refractivity contribution in [1.82, 2.24) is 24.4 Å². The average Bonchev–Trinajstić information content (AvgIpc) is 3.31. The number of nitrogens with one attached hydrogen (secondary N) is 1. The fraction of sp³-hybridized carbons (Fsp3) is 0.480. The number of hydrogen-bond acceptors (Lipinski definition) is 10. The Kier molecular flexibility index (Phi) is 8.78. The van der Waals surface area contributed by atoms with Crippen LogP contribution in [0.5, 0.6) is 5.75 Å². The van der Waals surface area contributed by atoms with E-state index in [4.69, 9.17) is 24.5 Å². The second-order valence-electron chi connectivity index (χ2n) is 8.76. The Balaban J connectivity index is 1.48. The molecule has 0 saturated carbocycles. The molecule has 1 saturated heterocycles. The van der Waals surface area contributed by atoms with Crippen molar-refractivity contribution in [2.24, 2.45) is 0 Å². The van der Waals surface area contributed by atoms with E-state index >= 15 is 0 Å². The summed E-state index contributed by atoms with van der Waals surface area (Å²) in [4.78, 5) is 26.7. The van der Waals surface area contributed by atoms with Gasteiger partial charge >= 0.3 is 0 Å². The van der Waals surface area contributed by atoms with Crippen molar-refractivity contribution in [2.45, 2.75) is 31.3 Å². The van der Waals surface area contributed by atoms with Crippen molar-refractivity contribution in [3.8, 4) is 17.6 Å². The highest BCUT2D eigenvalue weighted by Crippen LogP contribution is 2.29. The summed E-state index contributed by atoms with van der Waals surface area (Å²) in [5.74, 6) is 1.84. The van der Waals surface area contributed by atoms with Gasteiger partial charge in [0, 0.05) is 38.1 Å². The number of rotatable bonds is 12. The van der Waals surface area contributed by atoms with Crippen LogP contribution in [0.15, 0.2) is 30.7 Å². The van der Waals surface area contributed by atoms with E-state index < -0.39 is 0 Å². The zero-order valence-corrected chi connectivity index (χ0v) is 20.6. The maximum absolute atomic E-state index is 11.1. The van der Waals surface area contributed by atoms with E-state index in [9.17, 15) is 4.79 Å². The smallest absolute Gasteiger partial charge is 0.171 e. The van der Waals surface area contributed by atoms with Crippen LogP contribution in [0, 0.1) is 11.3 Å². The predicted octanol–water partition coefficient (Wildman–Crippen LogP) is 2.19. The number of nitrogens with zero attached hydrogens (tertiary/aromatic N) is 6. The number of hydrogen-bond donors (Lipinski definition) is 1. The Morgan fingerprint density at radius 3 is 2.81 bits per heavy atom. The van der Waals surface area contributed by atoms with E-state index in [2.05, 4.69) is 21.4 Å². The normalized spacial score (nSPS) is 15.1. The Labute approximate surface area is 210 Å². The van der Waals surface area contributed by atoms with E-state index in [1.54, 1.807) is 23.0 Å². The SMILES string of the molecule is CN(C)C(C=O)CCOCCOc1cc2ncn(-c3ccc(C#N)cn3)c2nc1NC1CCOCC1. The van der Waals surface area contributed by atoms with E-state index in [-0.39, 0.29) is 12.1 Å². The number of aldehydes is 1. The number of nitriles is 1. The van der Waals surface area contributed by atoms with Crippen LogP contribution in [0.1, 0.15) is 24.8 Å². The van der Waals surface area contributed by atoms with Crippen LogP contribution in [0.3, 0.4) is 0 Å². The molecule has 4 heterocycles. The van der Waals surface area contributed by atoms with E-state index in [0.29, 0.717) is 73.6 Å². The summed E-state index contributed by atoms with van der Waals surface area (Å²) in [6, 6.07) is 7.47. The standard InChI is InChI=1S/C25H31N7O4/c1-31(2)20(16-33)7-10-35-11-12-36-22-13-21-25(30-24(22)29-19-5-8-34-9-6-19)32(17-28-21)23-4-3-18(14-26)15-27-23/h3-4,13,15-17,19-20H,5-12H2,1-2H3,(H,29,30). The molecule has 1 unspecified atom stereocenters. The lowest BCUT2D eigenvalue weighted by atomic mass is 10.1. The molecule has 0 radical (unpaired) electrons. The van der Waals surface area contributed by atoms with Crippen LogP contribution in [0.4, 0.5) is 5.82 Å². The number of likely N-dealkylation sites (N-methyl/N-ethyl adjacent to an activating group) is 1. The third-order valence-corrected chi connectivity index (χ3v) is 6.04. The van der Waals surface area contributed by atoms with Gasteiger partial charge in [-0.05, 0) is 45.5 Å². The largest absolute Gasteiger partial charge is 0.487 e. The van der Waals surface area contributed by atoms with Crippen LogP contribution >= 0.6 is 0 Å². The summed E-state index contributed by atoms with van der Waals surface area (Å²) in [7, 11) is 3.74. The van der Waals surface area contributed by atoms with Crippen molar-refractivity contribution in [2.75, 3.05) is 52.4 Å². The van der Waals surface area contributed by atoms with Gasteiger partial charge in [0.05, 0.1) is 18.2 Å². The van der Waals surface area contributed by atoms with Crippen LogP contribution in [-0.2, 0) is 14.3 Å². The number of fused-ring (bicyclic) bond motifs is 1. The Morgan fingerprint density at radius 2 is 2.11 bits per heavy atom. The maximum atomic E-state index is 11.1. The minimum atomic E-state index is -0.159. The fourth-order valence-corrected chi connectivity index (χ4v) is 3.90. The highest BCUT2D eigenvalue weighted by molar-refractivity contribution is 5.78. The molecule has 3 aromatic heterocycles. The average molecular weight is 494 g/mol. The van der Waals surface area contributed by atoms with Crippen molar-refractivity contribution >= 4 is 23.3 Å². The van der Waals surface area contributed by atoms with Gasteiger partial charge in [0.15, 0.2) is 17.2 Å². The van der Waals surface area contributed by atoms with Crippen molar-refractivity contribution in [3.63, 3.8) is 0 Å². The van der Waals surface area contributed by atoms with Crippen LogP contribution in [0.25, 0.3) is 17.0 Å². The highest BCUT2D eigenvalue weighted by atomic mass is 16.5. The third-order valence-electron chi connectivity index (χ3n) is 6.04. The zero-order valence-electron chi connectivity index (χ0n) is 20.6. The van der Waals surface area contributed by atoms with E-state index in [1.807, 2.05) is 25.1 Å². The number of aromatic nitrogens is 4. The second-order valence-corrected chi connectivity index (χ2v) is 8.76. The third kappa shape index (κ3) is 6.34. The van der Waals surface area contributed by atoms with Gasteiger partial charge in [-0.15, -0.1) is 0 Å². The molecule has 4 rings (SSSR count). The van der Waals surface area contributed by atoms with E-state index in [1.165, 1.54) is 6.20 Å². The molecule has 0 bridgehead atoms. The summed E-state index contributed by atoms with van der Waals surface area (Å²) in [6.45, 7) is 2.59. The summed E-state index contributed by atoms with van der Waals surface area (Å²) >= 11 is 0. The lowest BCUT2D eigenvalue weighted by Gasteiger charge is -2.24. The van der Waals surface area contributed by atoms with Gasteiger partial charge in [-0.3, -0.25) is 9.47 Å². The number of carbonyl (C=O) groups excluding carboxylic acids is 1. The van der Waals surface area contributed by atoms with Crippen LogP contribution in [0.2, 0.25) is 0 Å². The van der Waals surface area contributed by atoms with Gasteiger partial charge in [0.2, 0.25) is 0 Å². The molecule has 0 spiro atoms. The lowest BCUT2D eigenvalue weighted by molar-refractivity contribution is -0.112. The van der Waals surface area contributed by atoms with Gasteiger partial charge in [-0.1, -0.05) is 0 Å². The van der Waals surface area contributed by atoms with Gasteiger partial charge < -0.3 is 24.3 Å². The first kappa shape index (κ1) is 25.5. The number of pyridine rings is 2. The highest BCUT2D eigenvalue weighted by Gasteiger charge is 2.19. The molecule has 1 aliphatic heterocycles. The van der Waals surface area contributed by atoms with Crippen LogP contribution in [-0.4, -0.2) is 89.9 Å². The molecule has 1 aliphatic rings. The summed E-state index contributed by atoms with van der Waals surface area (Å²) in [6.07, 6.45) is 6.49. The molecule has 190 valence electrons. The van der Waals surface area contributed by atoms with Gasteiger partial charge in [0.25, 0.3) is 0 Å². The number of imidazole rings is 1. The summed E-state index contributed by atoms with van der Waals surface area (Å²) < 4.78 is 19.0. The predicted molar refractivity (Wildman–Crippen MR) is 133 cm³/mol. The number of ether oxygens (including phenoxy) is 3. The Hall–Kier alpha value is -3.59. The topological polar surface area (TPSA) is 127 Å². The minimum absolute atomic E-state index is 0.159. The maximum Gasteiger partial charge on any atom is 0.171 e. The first-order chi connectivity index (χ1) is 17.6. The first-order valence-electron chi connectivity index (χ1n) is 12.0. The van der Waals surface area contributed by atoms with Gasteiger partial charge in [-0.2, -0.15) is 5.26 Å². The molecule has 1 atom stereocenters. The summed E-state index contributed by atoms with van der Waals surface area (Å²) in [5, 5.41) is 12.6. The van der Waals surface area contributed by atoms with Gasteiger partial charge in [-0.25, -0.2) is 15.0 Å². The molecule has 11 nitrogen and oxygen atoms in total. The van der Waals surface area contributed by atoms with Crippen molar-refractivity contribution in [3.05, 3.63) is 36.3 Å². The lowest BCUT2D eigenvalue weighted by Crippen LogP contribution is -2.30. The summed E-state index contributed by atoms with van der Waals surface area (Å²) in [5.41, 5.74) is 1.78. The van der Waals surface area contributed by atoms with Crippen LogP contribution < -0.4 is 10.1 Å². The molecular weight excluding hydrogens is 462 g/mol. The molecule has 11 heteroatoms. The Morgan fingerprint density at radius 1 is 1.28 bits per heavy atom. The van der Waals surface area contributed by atoms with E-state index in [0.717, 1.165) is 19.1 Å². The molecule has 3 aromatic rings. The first-order valence-corrected chi connectivity index (χ1v) is 12.0. The molecule has 0 aliphatic carbocycles. The second kappa shape index (κ2) is 12.4. The molecule has 36 heavy (non-hydrogen) atoms. The Bertz CT molecular complexity index is 1180. The molecular formula is C25H31N7O4. The zero-order chi connectivity index (χ0) is 25.3. The minimum Gasteiger partial charge on any atom is -0.487 e. The van der Waals surface area contributed by atoms with Gasteiger partial charge in [0.1, 0.15) is 36.6 Å². The fourth-order valence-electron chi connectivity index (χ4n) is 3.90. The quantitative estimate of drug-likeness (QED) is 0.296. The number of anilines is 1. The van der Waals surface area contributed by atoms with Crippen molar-refractivity contribution < 1.29 is 19.0 Å². The molecule has 0 aromatic carbocycles. The molecule has 1 fully saturated rings. The number of carbonyl (C=O) groups is 1.